The van der Waals surface area contributed by atoms with Gasteiger partial charge in [0.2, 0.25) is 0 Å². The highest BCUT2D eigenvalue weighted by molar-refractivity contribution is 7.84. The predicted molar refractivity (Wildman–Crippen MR) is 82.1 cm³/mol. The number of hydrogen-bond donors (Lipinski definition) is 1. The maximum absolute atomic E-state index is 12.1. The monoisotopic (exact) mass is 282 g/mol. The SMILES string of the molecule is C[S@@](=O)c1c(CO)cc(C(C)(C)C)cc1C(C)(C)C. The highest BCUT2D eigenvalue weighted by atomic mass is 32.2. The zero-order chi connectivity index (χ0) is 15.0. The fraction of sp³-hybridized carbons (Fsp3) is 0.625. The summed E-state index contributed by atoms with van der Waals surface area (Å²) >= 11 is 0. The van der Waals surface area contributed by atoms with E-state index in [2.05, 4.69) is 47.6 Å². The molecule has 0 heterocycles. The lowest BCUT2D eigenvalue weighted by Gasteiger charge is -2.28. The highest BCUT2D eigenvalue weighted by Gasteiger charge is 2.26. The largest absolute Gasteiger partial charge is 0.392 e. The molecule has 0 aliphatic heterocycles. The molecule has 1 atom stereocenters. The Bertz CT molecular complexity index is 491. The quantitative estimate of drug-likeness (QED) is 0.901. The summed E-state index contributed by atoms with van der Waals surface area (Å²) in [4.78, 5) is 0.794. The first-order valence-electron chi connectivity index (χ1n) is 6.60. The molecule has 0 saturated heterocycles. The van der Waals surface area contributed by atoms with Crippen molar-refractivity contribution in [3.63, 3.8) is 0 Å². The smallest absolute Gasteiger partial charge is 0.0693 e. The minimum absolute atomic E-state index is 0.0116. The maximum atomic E-state index is 12.1. The Hall–Kier alpha value is -0.670. The van der Waals surface area contributed by atoms with E-state index in [0.29, 0.717) is 0 Å². The summed E-state index contributed by atoms with van der Waals surface area (Å²) in [6.07, 6.45) is 1.68. The van der Waals surface area contributed by atoms with E-state index in [1.165, 1.54) is 5.56 Å². The Kier molecular flexibility index (Phi) is 4.63. The Morgan fingerprint density at radius 1 is 1.05 bits per heavy atom. The topological polar surface area (TPSA) is 37.3 Å². The molecule has 19 heavy (non-hydrogen) atoms. The standard InChI is InChI=1S/C16H26O2S/c1-15(2,3)12-8-11(10-17)14(19(7)18)13(9-12)16(4,5)6/h8-9,17H,10H2,1-7H3/t19-/m1/s1. The first-order valence-corrected chi connectivity index (χ1v) is 8.16. The summed E-state index contributed by atoms with van der Waals surface area (Å²) in [6, 6.07) is 4.14. The van der Waals surface area contributed by atoms with Crippen LogP contribution in [0.15, 0.2) is 17.0 Å². The van der Waals surface area contributed by atoms with Gasteiger partial charge in [0.15, 0.2) is 0 Å². The third-order valence-electron chi connectivity index (χ3n) is 3.30. The highest BCUT2D eigenvalue weighted by Crippen LogP contribution is 2.35. The van der Waals surface area contributed by atoms with Gasteiger partial charge in [0.1, 0.15) is 0 Å². The molecule has 0 bridgehead atoms. The van der Waals surface area contributed by atoms with Gasteiger partial charge in [0, 0.05) is 11.2 Å². The molecule has 1 aromatic carbocycles. The molecule has 0 unspecified atom stereocenters. The van der Waals surface area contributed by atoms with Crippen LogP contribution in [0.2, 0.25) is 0 Å². The van der Waals surface area contributed by atoms with Crippen LogP contribution < -0.4 is 0 Å². The molecule has 0 aromatic heterocycles. The van der Waals surface area contributed by atoms with Gasteiger partial charge in [0.05, 0.1) is 17.4 Å². The third-order valence-corrected chi connectivity index (χ3v) is 4.35. The summed E-state index contributed by atoms with van der Waals surface area (Å²) in [5, 5.41) is 9.61. The molecule has 0 saturated carbocycles. The van der Waals surface area contributed by atoms with Crippen molar-refractivity contribution in [3.05, 3.63) is 28.8 Å². The lowest BCUT2D eigenvalue weighted by atomic mass is 9.79. The van der Waals surface area contributed by atoms with Crippen LogP contribution in [0, 0.1) is 0 Å². The van der Waals surface area contributed by atoms with E-state index in [9.17, 15) is 9.32 Å². The minimum Gasteiger partial charge on any atom is -0.392 e. The molecular weight excluding hydrogens is 256 g/mol. The van der Waals surface area contributed by atoms with Gasteiger partial charge in [-0.1, -0.05) is 53.7 Å². The van der Waals surface area contributed by atoms with Gasteiger partial charge >= 0.3 is 0 Å². The summed E-state index contributed by atoms with van der Waals surface area (Å²) in [5.41, 5.74) is 2.96. The van der Waals surface area contributed by atoms with Gasteiger partial charge in [-0.3, -0.25) is 4.21 Å². The van der Waals surface area contributed by atoms with Crippen LogP contribution in [0.1, 0.15) is 58.2 Å². The van der Waals surface area contributed by atoms with Crippen LogP contribution in [0.4, 0.5) is 0 Å². The van der Waals surface area contributed by atoms with Gasteiger partial charge in [-0.15, -0.1) is 0 Å². The van der Waals surface area contributed by atoms with Crippen molar-refractivity contribution in [1.29, 1.82) is 0 Å². The summed E-state index contributed by atoms with van der Waals surface area (Å²) in [5.74, 6) is 0. The molecule has 2 nitrogen and oxygen atoms in total. The first kappa shape index (κ1) is 16.4. The van der Waals surface area contributed by atoms with Crippen molar-refractivity contribution in [2.75, 3.05) is 6.26 Å². The Balaban J connectivity index is 3.70. The lowest BCUT2D eigenvalue weighted by Crippen LogP contribution is -2.20. The molecule has 0 radical (unpaired) electrons. The van der Waals surface area contributed by atoms with Gasteiger partial charge in [0.25, 0.3) is 0 Å². The average Bonchev–Trinajstić information content (AvgIpc) is 2.24. The zero-order valence-corrected chi connectivity index (χ0v) is 13.9. The van der Waals surface area contributed by atoms with Crippen LogP contribution in [-0.4, -0.2) is 15.6 Å². The maximum Gasteiger partial charge on any atom is 0.0693 e. The van der Waals surface area contributed by atoms with Gasteiger partial charge in [-0.05, 0) is 27.5 Å². The van der Waals surface area contributed by atoms with Crippen LogP contribution in [0.5, 0.6) is 0 Å². The number of benzene rings is 1. The van der Waals surface area contributed by atoms with Crippen LogP contribution >= 0.6 is 0 Å². The zero-order valence-electron chi connectivity index (χ0n) is 13.1. The van der Waals surface area contributed by atoms with Crippen molar-refractivity contribution in [3.8, 4) is 0 Å². The first-order chi connectivity index (χ1) is 8.48. The number of aliphatic hydroxyl groups is 1. The van der Waals surface area contributed by atoms with Crippen molar-refractivity contribution in [2.24, 2.45) is 0 Å². The van der Waals surface area contributed by atoms with Crippen molar-refractivity contribution < 1.29 is 9.32 Å². The van der Waals surface area contributed by atoms with E-state index in [0.717, 1.165) is 16.0 Å². The van der Waals surface area contributed by atoms with Crippen LogP contribution in [0.25, 0.3) is 0 Å². The second-order valence-corrected chi connectivity index (χ2v) is 8.44. The third kappa shape index (κ3) is 3.67. The molecule has 0 aliphatic carbocycles. The number of rotatable bonds is 2. The van der Waals surface area contributed by atoms with Gasteiger partial charge in [-0.2, -0.15) is 0 Å². The average molecular weight is 282 g/mol. The van der Waals surface area contributed by atoms with Crippen LogP contribution in [0.3, 0.4) is 0 Å². The molecule has 0 spiro atoms. The number of hydrogen-bond acceptors (Lipinski definition) is 2. The van der Waals surface area contributed by atoms with Gasteiger partial charge < -0.3 is 5.11 Å². The molecule has 108 valence electrons. The molecule has 1 rings (SSSR count). The molecule has 1 N–H and O–H groups in total. The molecule has 0 aliphatic rings. The molecule has 1 aromatic rings. The van der Waals surface area contributed by atoms with E-state index in [4.69, 9.17) is 0 Å². The number of aliphatic hydroxyl groups excluding tert-OH is 1. The van der Waals surface area contributed by atoms with E-state index in [1.807, 2.05) is 6.07 Å². The summed E-state index contributed by atoms with van der Waals surface area (Å²) in [6.45, 7) is 12.7. The van der Waals surface area contributed by atoms with E-state index >= 15 is 0 Å². The van der Waals surface area contributed by atoms with E-state index < -0.39 is 10.8 Å². The summed E-state index contributed by atoms with van der Waals surface area (Å²) < 4.78 is 12.1. The van der Waals surface area contributed by atoms with Crippen molar-refractivity contribution in [2.45, 2.75) is 63.9 Å². The minimum atomic E-state index is -1.09. The molecule has 3 heteroatoms. The van der Waals surface area contributed by atoms with E-state index in [-0.39, 0.29) is 17.4 Å². The predicted octanol–water partition coefficient (Wildman–Crippen LogP) is 3.51. The normalized spacial score (nSPS) is 14.5. The second-order valence-electron chi connectivity index (χ2n) is 7.12. The fourth-order valence-electron chi connectivity index (χ4n) is 2.14. The van der Waals surface area contributed by atoms with Crippen molar-refractivity contribution in [1.82, 2.24) is 0 Å². The van der Waals surface area contributed by atoms with Crippen LogP contribution in [-0.2, 0) is 28.2 Å². The molecule has 0 fully saturated rings. The lowest BCUT2D eigenvalue weighted by molar-refractivity contribution is 0.277. The molecular formula is C16H26O2S. The van der Waals surface area contributed by atoms with E-state index in [1.54, 1.807) is 6.26 Å². The fourth-order valence-corrected chi connectivity index (χ4v) is 3.30. The Morgan fingerprint density at radius 3 is 1.89 bits per heavy atom. The summed E-state index contributed by atoms with van der Waals surface area (Å²) in [7, 11) is -1.09. The van der Waals surface area contributed by atoms with Gasteiger partial charge in [-0.25, -0.2) is 0 Å². The Labute approximate surface area is 119 Å². The molecule has 0 amide bonds. The van der Waals surface area contributed by atoms with Crippen molar-refractivity contribution >= 4 is 10.8 Å². The second kappa shape index (κ2) is 5.37. The Morgan fingerprint density at radius 2 is 1.58 bits per heavy atom.